The summed E-state index contributed by atoms with van der Waals surface area (Å²) in [6.07, 6.45) is 1.96. The van der Waals surface area contributed by atoms with Gasteiger partial charge in [-0.1, -0.05) is 20.8 Å². The fourth-order valence-corrected chi connectivity index (χ4v) is 4.22. The fraction of sp³-hybridized carbons (Fsp3) is 1.00. The molecule has 5 heteroatoms. The molecule has 0 amide bonds. The normalized spacial score (nSPS) is 28.6. The largest absolute Gasteiger partial charge is 0.313 e. The van der Waals surface area contributed by atoms with Crippen molar-refractivity contribution in [2.24, 2.45) is 5.92 Å². The van der Waals surface area contributed by atoms with Crippen LogP contribution in [0.5, 0.6) is 0 Å². The summed E-state index contributed by atoms with van der Waals surface area (Å²) in [5.74, 6) is 0.635. The molecule has 0 aromatic heterocycles. The Bertz CT molecular complexity index is 354. The van der Waals surface area contributed by atoms with E-state index in [4.69, 9.17) is 0 Å². The SMILES string of the molecule is CC1CCN(S(=O)(=O)C(C)CNC(C)C)C(C)C1. The summed E-state index contributed by atoms with van der Waals surface area (Å²) in [7, 11) is -3.16. The molecule has 1 N–H and O–H groups in total. The standard InChI is InChI=1S/C13H28N2O2S/c1-10(2)14-9-13(5)18(16,17)15-7-6-11(3)8-12(15)4/h10-14H,6-9H2,1-5H3. The molecule has 1 saturated heterocycles. The smallest absolute Gasteiger partial charge is 0.218 e. The molecule has 1 aliphatic heterocycles. The average molecular weight is 276 g/mol. The van der Waals surface area contributed by atoms with Crippen molar-refractivity contribution in [1.82, 2.24) is 9.62 Å². The molecule has 0 aromatic rings. The molecule has 0 bridgehead atoms. The van der Waals surface area contributed by atoms with Crippen molar-refractivity contribution >= 4 is 10.0 Å². The predicted octanol–water partition coefficient (Wildman–Crippen LogP) is 1.82. The molecule has 18 heavy (non-hydrogen) atoms. The second-order valence-electron chi connectivity index (χ2n) is 6.01. The maximum Gasteiger partial charge on any atom is 0.218 e. The monoisotopic (exact) mass is 276 g/mol. The number of nitrogens with zero attached hydrogens (tertiary/aromatic N) is 1. The lowest BCUT2D eigenvalue weighted by Crippen LogP contribution is -2.49. The van der Waals surface area contributed by atoms with Gasteiger partial charge in [0.1, 0.15) is 0 Å². The van der Waals surface area contributed by atoms with Crippen molar-refractivity contribution in [2.75, 3.05) is 13.1 Å². The summed E-state index contributed by atoms with van der Waals surface area (Å²) >= 11 is 0. The van der Waals surface area contributed by atoms with Gasteiger partial charge < -0.3 is 5.32 Å². The number of rotatable bonds is 5. The van der Waals surface area contributed by atoms with Gasteiger partial charge in [-0.2, -0.15) is 4.31 Å². The molecular weight excluding hydrogens is 248 g/mol. The van der Waals surface area contributed by atoms with E-state index in [1.165, 1.54) is 0 Å². The van der Waals surface area contributed by atoms with Crippen LogP contribution < -0.4 is 5.32 Å². The minimum Gasteiger partial charge on any atom is -0.313 e. The third kappa shape index (κ3) is 3.93. The van der Waals surface area contributed by atoms with Crippen LogP contribution in [0.2, 0.25) is 0 Å². The van der Waals surface area contributed by atoms with Crippen LogP contribution in [0.3, 0.4) is 0 Å². The van der Waals surface area contributed by atoms with Gasteiger partial charge in [-0.3, -0.25) is 0 Å². The molecule has 3 atom stereocenters. The zero-order chi connectivity index (χ0) is 13.9. The summed E-state index contributed by atoms with van der Waals surface area (Å²) in [5.41, 5.74) is 0. The lowest BCUT2D eigenvalue weighted by molar-refractivity contribution is 0.218. The van der Waals surface area contributed by atoms with Crippen LogP contribution in [0.15, 0.2) is 0 Å². The quantitative estimate of drug-likeness (QED) is 0.833. The minimum atomic E-state index is -3.16. The summed E-state index contributed by atoms with van der Waals surface area (Å²) in [6.45, 7) is 11.3. The second-order valence-corrected chi connectivity index (χ2v) is 8.31. The van der Waals surface area contributed by atoms with Crippen LogP contribution in [-0.4, -0.2) is 43.1 Å². The molecule has 0 aliphatic carbocycles. The molecule has 0 saturated carbocycles. The Balaban J connectivity index is 2.67. The van der Waals surface area contributed by atoms with Gasteiger partial charge in [0, 0.05) is 25.2 Å². The zero-order valence-electron chi connectivity index (χ0n) is 12.3. The van der Waals surface area contributed by atoms with Gasteiger partial charge in [0.05, 0.1) is 5.25 Å². The highest BCUT2D eigenvalue weighted by molar-refractivity contribution is 7.89. The fourth-order valence-electron chi connectivity index (χ4n) is 2.50. The first-order valence-corrected chi connectivity index (χ1v) is 8.49. The van der Waals surface area contributed by atoms with Gasteiger partial charge in [-0.15, -0.1) is 0 Å². The molecule has 4 nitrogen and oxygen atoms in total. The highest BCUT2D eigenvalue weighted by atomic mass is 32.2. The average Bonchev–Trinajstić information content (AvgIpc) is 2.24. The Hall–Kier alpha value is -0.130. The van der Waals surface area contributed by atoms with E-state index in [1.807, 2.05) is 20.8 Å². The molecular formula is C13H28N2O2S. The number of piperidine rings is 1. The molecule has 1 rings (SSSR count). The molecule has 108 valence electrons. The first-order valence-electron chi connectivity index (χ1n) is 6.99. The van der Waals surface area contributed by atoms with Gasteiger partial charge in [0.2, 0.25) is 10.0 Å². The number of hydrogen-bond acceptors (Lipinski definition) is 3. The van der Waals surface area contributed by atoms with E-state index in [-0.39, 0.29) is 11.3 Å². The number of nitrogens with one attached hydrogen (secondary N) is 1. The topological polar surface area (TPSA) is 49.4 Å². The highest BCUT2D eigenvalue weighted by Crippen LogP contribution is 2.26. The maximum absolute atomic E-state index is 12.5. The van der Waals surface area contributed by atoms with Crippen LogP contribution in [0.4, 0.5) is 0 Å². The summed E-state index contributed by atoms with van der Waals surface area (Å²) in [5, 5.41) is 2.86. The van der Waals surface area contributed by atoms with E-state index in [0.717, 1.165) is 12.8 Å². The molecule has 0 aromatic carbocycles. The maximum atomic E-state index is 12.5. The van der Waals surface area contributed by atoms with Crippen molar-refractivity contribution in [3.63, 3.8) is 0 Å². The minimum absolute atomic E-state index is 0.139. The lowest BCUT2D eigenvalue weighted by Gasteiger charge is -2.37. The summed E-state index contributed by atoms with van der Waals surface area (Å²) in [4.78, 5) is 0. The van der Waals surface area contributed by atoms with Crippen molar-refractivity contribution in [2.45, 2.75) is 64.8 Å². The number of hydrogen-bond donors (Lipinski definition) is 1. The Morgan fingerprint density at radius 1 is 1.28 bits per heavy atom. The zero-order valence-corrected chi connectivity index (χ0v) is 13.1. The molecule has 0 radical (unpaired) electrons. The van der Waals surface area contributed by atoms with Crippen molar-refractivity contribution in [3.05, 3.63) is 0 Å². The van der Waals surface area contributed by atoms with Crippen LogP contribution in [-0.2, 0) is 10.0 Å². The second kappa shape index (κ2) is 6.35. The third-order valence-corrected chi connectivity index (χ3v) is 6.11. The molecule has 3 unspecified atom stereocenters. The van der Waals surface area contributed by atoms with Crippen molar-refractivity contribution in [1.29, 1.82) is 0 Å². The van der Waals surface area contributed by atoms with Gasteiger partial charge in [0.25, 0.3) is 0 Å². The van der Waals surface area contributed by atoms with E-state index < -0.39 is 10.0 Å². The predicted molar refractivity (Wildman–Crippen MR) is 76.1 cm³/mol. The third-order valence-electron chi connectivity index (χ3n) is 3.73. The van der Waals surface area contributed by atoms with Crippen LogP contribution in [0.25, 0.3) is 0 Å². The van der Waals surface area contributed by atoms with E-state index in [2.05, 4.69) is 12.2 Å². The van der Waals surface area contributed by atoms with Gasteiger partial charge in [-0.25, -0.2) is 8.42 Å². The van der Waals surface area contributed by atoms with E-state index in [1.54, 1.807) is 11.2 Å². The van der Waals surface area contributed by atoms with Crippen LogP contribution >= 0.6 is 0 Å². The molecule has 0 spiro atoms. The van der Waals surface area contributed by atoms with Gasteiger partial charge in [0.15, 0.2) is 0 Å². The Kier molecular flexibility index (Phi) is 5.62. The van der Waals surface area contributed by atoms with Gasteiger partial charge in [-0.05, 0) is 32.6 Å². The van der Waals surface area contributed by atoms with E-state index >= 15 is 0 Å². The summed E-state index contributed by atoms with van der Waals surface area (Å²) in [6, 6.07) is 0.460. The highest BCUT2D eigenvalue weighted by Gasteiger charge is 2.35. The first kappa shape index (κ1) is 15.9. The first-order chi connectivity index (χ1) is 8.25. The van der Waals surface area contributed by atoms with Crippen LogP contribution in [0.1, 0.15) is 47.5 Å². The Labute approximate surface area is 112 Å². The Morgan fingerprint density at radius 2 is 1.89 bits per heavy atom. The van der Waals surface area contributed by atoms with E-state index in [9.17, 15) is 8.42 Å². The molecule has 1 fully saturated rings. The molecule has 1 aliphatic rings. The lowest BCUT2D eigenvalue weighted by atomic mass is 9.95. The molecule has 1 heterocycles. The Morgan fingerprint density at radius 3 is 2.39 bits per heavy atom. The van der Waals surface area contributed by atoms with E-state index in [0.29, 0.717) is 25.0 Å². The summed E-state index contributed by atoms with van der Waals surface area (Å²) < 4.78 is 26.7. The van der Waals surface area contributed by atoms with Gasteiger partial charge >= 0.3 is 0 Å². The van der Waals surface area contributed by atoms with Crippen molar-refractivity contribution < 1.29 is 8.42 Å². The van der Waals surface area contributed by atoms with Crippen LogP contribution in [0, 0.1) is 5.92 Å². The number of sulfonamides is 1. The van der Waals surface area contributed by atoms with Crippen molar-refractivity contribution in [3.8, 4) is 0 Å².